The number of ether oxygens (including phenoxy) is 1. The van der Waals surface area contributed by atoms with E-state index in [1.165, 1.54) is 12.5 Å². The van der Waals surface area contributed by atoms with Crippen molar-refractivity contribution in [3.63, 3.8) is 0 Å². The third-order valence-corrected chi connectivity index (χ3v) is 8.36. The summed E-state index contributed by atoms with van der Waals surface area (Å²) in [5, 5.41) is 14.8. The number of carbonyl (C=O) groups excluding carboxylic acids is 1. The van der Waals surface area contributed by atoms with Crippen LogP contribution in [0.25, 0.3) is 0 Å². The zero-order valence-electron chi connectivity index (χ0n) is 17.0. The van der Waals surface area contributed by atoms with E-state index in [2.05, 4.69) is 13.0 Å². The molecular formula is C22H28N2O4S. The Hall–Kier alpha value is -1.91. The molecule has 5 atom stereocenters. The summed E-state index contributed by atoms with van der Waals surface area (Å²) < 4.78 is 28.8. The Morgan fingerprint density at radius 2 is 2.07 bits per heavy atom. The van der Waals surface area contributed by atoms with Crippen LogP contribution >= 0.6 is 0 Å². The number of aryl methyl sites for hydroxylation is 1. The molecule has 3 aliphatic rings. The second-order valence-electron chi connectivity index (χ2n) is 9.26. The average molecular weight is 417 g/mol. The molecule has 3 aliphatic carbocycles. The Kier molecular flexibility index (Phi) is 4.99. The number of nitrogens with two attached hydrogens (primary N) is 1. The number of hydrogen-bond donors (Lipinski definition) is 1. The Morgan fingerprint density at radius 3 is 2.72 bits per heavy atom. The number of hydrogen-bond acceptors (Lipinski definition) is 5. The van der Waals surface area contributed by atoms with Gasteiger partial charge in [-0.2, -0.15) is 5.26 Å². The van der Waals surface area contributed by atoms with Crippen molar-refractivity contribution in [1.82, 2.24) is 0 Å². The van der Waals surface area contributed by atoms with E-state index >= 15 is 0 Å². The molecule has 0 spiro atoms. The highest BCUT2D eigenvalue weighted by atomic mass is 32.2. The first-order valence-electron chi connectivity index (χ1n) is 10.4. The van der Waals surface area contributed by atoms with Crippen LogP contribution in [0, 0.1) is 28.6 Å². The maximum atomic E-state index is 11.6. The molecule has 2 saturated carbocycles. The molecule has 0 aromatic heterocycles. The molecule has 0 saturated heterocycles. The number of esters is 1. The molecule has 2 N–H and O–H groups in total. The number of fused-ring (bicyclic) bond motifs is 5. The lowest BCUT2D eigenvalue weighted by molar-refractivity contribution is -0.154. The number of sulfonamides is 1. The third-order valence-electron chi connectivity index (χ3n) is 7.65. The SMILES string of the molecule is CC(=O)O[C@H]1CCC2C3CCc4cc(CS(N)(=O)=O)c(C#N)cc4C3CCC21C. The van der Waals surface area contributed by atoms with Crippen molar-refractivity contribution >= 4 is 16.0 Å². The van der Waals surface area contributed by atoms with Crippen LogP contribution in [-0.2, 0) is 31.7 Å². The van der Waals surface area contributed by atoms with Crippen LogP contribution < -0.4 is 5.14 Å². The summed E-state index contributed by atoms with van der Waals surface area (Å²) in [6.07, 6.45) is 5.92. The second-order valence-corrected chi connectivity index (χ2v) is 10.9. The van der Waals surface area contributed by atoms with E-state index in [9.17, 15) is 18.5 Å². The van der Waals surface area contributed by atoms with Crippen LogP contribution in [0.15, 0.2) is 12.1 Å². The number of nitriles is 1. The first kappa shape index (κ1) is 20.4. The van der Waals surface area contributed by atoms with Gasteiger partial charge in [-0.05, 0) is 79.0 Å². The second kappa shape index (κ2) is 7.10. The fourth-order valence-corrected chi connectivity index (χ4v) is 7.13. The molecule has 6 nitrogen and oxygen atoms in total. The normalized spacial score (nSPS) is 33.2. The molecule has 0 bridgehead atoms. The minimum absolute atomic E-state index is 0.000784. The number of primary sulfonamides is 1. The van der Waals surface area contributed by atoms with Gasteiger partial charge < -0.3 is 4.74 Å². The van der Waals surface area contributed by atoms with E-state index in [4.69, 9.17) is 9.88 Å². The summed E-state index contributed by atoms with van der Waals surface area (Å²) >= 11 is 0. The van der Waals surface area contributed by atoms with Gasteiger partial charge in [0.15, 0.2) is 0 Å². The van der Waals surface area contributed by atoms with Crippen LogP contribution in [0.1, 0.15) is 74.1 Å². The van der Waals surface area contributed by atoms with Crippen molar-refractivity contribution in [2.24, 2.45) is 22.4 Å². The van der Waals surface area contributed by atoms with Crippen molar-refractivity contribution in [2.75, 3.05) is 0 Å². The van der Waals surface area contributed by atoms with E-state index < -0.39 is 10.0 Å². The van der Waals surface area contributed by atoms with Crippen molar-refractivity contribution in [3.8, 4) is 6.07 Å². The lowest BCUT2D eigenvalue weighted by atomic mass is 9.55. The summed E-state index contributed by atoms with van der Waals surface area (Å²) in [7, 11) is -3.69. The van der Waals surface area contributed by atoms with Crippen molar-refractivity contribution in [1.29, 1.82) is 5.26 Å². The van der Waals surface area contributed by atoms with E-state index in [0.717, 1.165) is 44.1 Å². The number of nitrogens with zero attached hydrogens (tertiary/aromatic N) is 1. The molecule has 1 aromatic rings. The maximum absolute atomic E-state index is 11.6. The Balaban J connectivity index is 1.66. The molecule has 4 rings (SSSR count). The standard InChI is InChI=1S/C22H28N2O4S/c1-13(25)28-21-6-5-20-18-4-3-14-9-16(12-29(24,26)27)15(11-23)10-19(14)17(18)7-8-22(20,21)2/h9-10,17-18,20-21H,3-8,12H2,1-2H3,(H2,24,26,27)/t17?,18?,20?,21-,22?/m0/s1. The average Bonchev–Trinajstić information content (AvgIpc) is 2.95. The molecule has 29 heavy (non-hydrogen) atoms. The highest BCUT2D eigenvalue weighted by Crippen LogP contribution is 2.61. The quantitative estimate of drug-likeness (QED) is 0.761. The highest BCUT2D eigenvalue weighted by Gasteiger charge is 2.56. The zero-order valence-corrected chi connectivity index (χ0v) is 17.8. The molecule has 2 fully saturated rings. The van der Waals surface area contributed by atoms with Gasteiger partial charge in [0.2, 0.25) is 10.0 Å². The van der Waals surface area contributed by atoms with E-state index in [1.807, 2.05) is 12.1 Å². The predicted octanol–water partition coefficient (Wildman–Crippen LogP) is 3.13. The van der Waals surface area contributed by atoms with Gasteiger partial charge in [0.05, 0.1) is 17.4 Å². The van der Waals surface area contributed by atoms with Gasteiger partial charge in [0.1, 0.15) is 6.10 Å². The number of carbonyl (C=O) groups is 1. The highest BCUT2D eigenvalue weighted by molar-refractivity contribution is 7.88. The molecule has 4 unspecified atom stereocenters. The molecule has 156 valence electrons. The minimum Gasteiger partial charge on any atom is -0.462 e. The van der Waals surface area contributed by atoms with Crippen LogP contribution in [0.5, 0.6) is 0 Å². The molecule has 7 heteroatoms. The van der Waals surface area contributed by atoms with Gasteiger partial charge in [0.25, 0.3) is 0 Å². The van der Waals surface area contributed by atoms with Crippen molar-refractivity contribution < 1.29 is 17.9 Å². The Labute approximate surface area is 172 Å². The molecule has 0 heterocycles. The van der Waals surface area contributed by atoms with E-state index in [0.29, 0.717) is 28.9 Å². The van der Waals surface area contributed by atoms with E-state index in [-0.39, 0.29) is 23.2 Å². The van der Waals surface area contributed by atoms with Crippen molar-refractivity contribution in [2.45, 2.75) is 70.1 Å². The van der Waals surface area contributed by atoms with Gasteiger partial charge in [-0.25, -0.2) is 13.6 Å². The molecule has 1 aromatic carbocycles. The van der Waals surface area contributed by atoms with Gasteiger partial charge in [-0.1, -0.05) is 13.0 Å². The Bertz CT molecular complexity index is 997. The first-order chi connectivity index (χ1) is 13.6. The predicted molar refractivity (Wildman–Crippen MR) is 108 cm³/mol. The summed E-state index contributed by atoms with van der Waals surface area (Å²) in [5.41, 5.74) is 3.30. The van der Waals surface area contributed by atoms with Gasteiger partial charge >= 0.3 is 5.97 Å². The van der Waals surface area contributed by atoms with Crippen LogP contribution in [0.4, 0.5) is 0 Å². The van der Waals surface area contributed by atoms with Crippen LogP contribution in [-0.4, -0.2) is 20.5 Å². The minimum atomic E-state index is -3.69. The smallest absolute Gasteiger partial charge is 0.302 e. The lowest BCUT2D eigenvalue weighted by Gasteiger charge is -2.50. The fourth-order valence-electron chi connectivity index (χ4n) is 6.46. The molecule has 0 aliphatic heterocycles. The van der Waals surface area contributed by atoms with Gasteiger partial charge in [-0.3, -0.25) is 4.79 Å². The third kappa shape index (κ3) is 3.57. The molecular weight excluding hydrogens is 388 g/mol. The summed E-state index contributed by atoms with van der Waals surface area (Å²) in [6, 6.07) is 5.97. The molecule has 0 amide bonds. The number of rotatable bonds is 3. The van der Waals surface area contributed by atoms with Crippen LogP contribution in [0.3, 0.4) is 0 Å². The van der Waals surface area contributed by atoms with Crippen LogP contribution in [0.2, 0.25) is 0 Å². The largest absolute Gasteiger partial charge is 0.462 e. The molecule has 0 radical (unpaired) electrons. The summed E-state index contributed by atoms with van der Waals surface area (Å²) in [5.74, 6) is 0.894. The fraction of sp³-hybridized carbons (Fsp3) is 0.636. The monoisotopic (exact) mass is 416 g/mol. The topological polar surface area (TPSA) is 110 Å². The first-order valence-corrected chi connectivity index (χ1v) is 12.1. The number of benzene rings is 1. The van der Waals surface area contributed by atoms with Gasteiger partial charge in [-0.15, -0.1) is 0 Å². The summed E-state index contributed by atoms with van der Waals surface area (Å²) in [4.78, 5) is 11.6. The van der Waals surface area contributed by atoms with Gasteiger partial charge in [0, 0.05) is 12.3 Å². The Morgan fingerprint density at radius 1 is 1.31 bits per heavy atom. The summed E-state index contributed by atoms with van der Waals surface area (Å²) in [6.45, 7) is 3.77. The maximum Gasteiger partial charge on any atom is 0.302 e. The zero-order chi connectivity index (χ0) is 21.0. The van der Waals surface area contributed by atoms with E-state index in [1.54, 1.807) is 0 Å². The lowest BCUT2D eigenvalue weighted by Crippen LogP contribution is -2.45. The van der Waals surface area contributed by atoms with Crippen molar-refractivity contribution in [3.05, 3.63) is 34.4 Å².